The second kappa shape index (κ2) is 4.82. The average Bonchev–Trinajstić information content (AvgIpc) is 3.00. The first kappa shape index (κ1) is 11.3. The van der Waals surface area contributed by atoms with Crippen molar-refractivity contribution in [2.24, 2.45) is 0 Å². The summed E-state index contributed by atoms with van der Waals surface area (Å²) in [5.74, 6) is 0. The molecule has 1 saturated carbocycles. The van der Waals surface area contributed by atoms with Crippen LogP contribution in [0.4, 0.5) is 10.1 Å². The summed E-state index contributed by atoms with van der Waals surface area (Å²) in [6.45, 7) is 4.57. The van der Waals surface area contributed by atoms with E-state index >= 15 is 0 Å². The number of rotatable bonds is 2. The lowest BCUT2D eigenvalue weighted by atomic mass is 10.2. The zero-order valence-electron chi connectivity index (χ0n) is 10.1. The third kappa shape index (κ3) is 2.40. The van der Waals surface area contributed by atoms with Gasteiger partial charge in [-0.25, -0.2) is 4.98 Å². The van der Waals surface area contributed by atoms with Crippen molar-refractivity contribution in [1.29, 1.82) is 0 Å². The third-order valence-corrected chi connectivity index (χ3v) is 4.82. The first-order chi connectivity index (χ1) is 8.33. The molecule has 1 aromatic rings. The molecule has 1 saturated heterocycles. The molecule has 0 radical (unpaired) electrons. The Morgan fingerprint density at radius 1 is 1.18 bits per heavy atom. The van der Waals surface area contributed by atoms with Gasteiger partial charge in [0.25, 0.3) is 0 Å². The van der Waals surface area contributed by atoms with Gasteiger partial charge in [0, 0.05) is 32.2 Å². The Morgan fingerprint density at radius 3 is 2.47 bits per heavy atom. The van der Waals surface area contributed by atoms with Gasteiger partial charge in [0.1, 0.15) is 5.00 Å². The molecule has 0 amide bonds. The summed E-state index contributed by atoms with van der Waals surface area (Å²) < 4.78 is 0. The van der Waals surface area contributed by atoms with E-state index in [1.807, 2.05) is 0 Å². The minimum absolute atomic E-state index is 0.818. The van der Waals surface area contributed by atoms with E-state index in [9.17, 15) is 0 Å². The molecular formula is C12H20N4S. The van der Waals surface area contributed by atoms with Gasteiger partial charge in [0.05, 0.1) is 6.20 Å². The number of nitrogen functional groups attached to an aromatic ring is 1. The van der Waals surface area contributed by atoms with Crippen LogP contribution in [0.3, 0.4) is 0 Å². The minimum atomic E-state index is 0.818. The lowest BCUT2D eigenvalue weighted by Gasteiger charge is -2.37. The molecule has 0 spiro atoms. The molecule has 1 aliphatic heterocycles. The molecule has 0 unspecified atom stereocenters. The van der Waals surface area contributed by atoms with E-state index in [-0.39, 0.29) is 0 Å². The quantitative estimate of drug-likeness (QED) is 0.871. The Kier molecular flexibility index (Phi) is 3.20. The smallest absolute Gasteiger partial charge is 0.187 e. The van der Waals surface area contributed by atoms with E-state index in [2.05, 4.69) is 14.8 Å². The van der Waals surface area contributed by atoms with Gasteiger partial charge in [-0.2, -0.15) is 0 Å². The first-order valence-corrected chi connectivity index (χ1v) is 7.35. The number of piperazine rings is 1. The second-order valence-corrected chi connectivity index (χ2v) is 6.05. The summed E-state index contributed by atoms with van der Waals surface area (Å²) >= 11 is 1.60. The van der Waals surface area contributed by atoms with E-state index in [1.165, 1.54) is 38.8 Å². The zero-order valence-corrected chi connectivity index (χ0v) is 11.0. The molecule has 2 fully saturated rings. The number of nitrogens with two attached hydrogens (primary N) is 1. The Labute approximate surface area is 106 Å². The molecule has 17 heavy (non-hydrogen) atoms. The van der Waals surface area contributed by atoms with Gasteiger partial charge in [-0.05, 0) is 12.8 Å². The van der Waals surface area contributed by atoms with Crippen LogP contribution in [0, 0.1) is 0 Å². The molecule has 3 rings (SSSR count). The molecule has 2 heterocycles. The minimum Gasteiger partial charge on any atom is -0.389 e. The molecule has 5 heteroatoms. The molecular weight excluding hydrogens is 232 g/mol. The van der Waals surface area contributed by atoms with Gasteiger partial charge in [-0.3, -0.25) is 4.90 Å². The first-order valence-electron chi connectivity index (χ1n) is 6.53. The molecule has 1 aliphatic carbocycles. The molecule has 2 aliphatic rings. The van der Waals surface area contributed by atoms with Crippen LogP contribution in [0.1, 0.15) is 25.7 Å². The molecule has 0 bridgehead atoms. The van der Waals surface area contributed by atoms with Crippen molar-refractivity contribution in [1.82, 2.24) is 9.88 Å². The van der Waals surface area contributed by atoms with Crippen LogP contribution in [0.15, 0.2) is 6.20 Å². The fraction of sp³-hybridized carbons (Fsp3) is 0.750. The van der Waals surface area contributed by atoms with Crippen LogP contribution in [-0.2, 0) is 0 Å². The average molecular weight is 252 g/mol. The van der Waals surface area contributed by atoms with Crippen molar-refractivity contribution in [2.75, 3.05) is 36.8 Å². The van der Waals surface area contributed by atoms with Crippen molar-refractivity contribution in [3.63, 3.8) is 0 Å². The predicted molar refractivity (Wildman–Crippen MR) is 72.6 cm³/mol. The highest BCUT2D eigenvalue weighted by Crippen LogP contribution is 2.28. The number of aromatic nitrogens is 1. The van der Waals surface area contributed by atoms with E-state index in [0.29, 0.717) is 0 Å². The fourth-order valence-electron chi connectivity index (χ4n) is 2.97. The van der Waals surface area contributed by atoms with Crippen LogP contribution in [0.5, 0.6) is 0 Å². The van der Waals surface area contributed by atoms with Gasteiger partial charge in [-0.1, -0.05) is 24.2 Å². The zero-order chi connectivity index (χ0) is 11.7. The highest BCUT2D eigenvalue weighted by molar-refractivity contribution is 7.19. The van der Waals surface area contributed by atoms with Crippen LogP contribution in [-0.4, -0.2) is 42.1 Å². The van der Waals surface area contributed by atoms with Crippen molar-refractivity contribution in [3.8, 4) is 0 Å². The van der Waals surface area contributed by atoms with E-state index in [0.717, 1.165) is 29.3 Å². The Bertz CT molecular complexity index is 364. The van der Waals surface area contributed by atoms with Gasteiger partial charge >= 0.3 is 0 Å². The summed E-state index contributed by atoms with van der Waals surface area (Å²) in [6, 6.07) is 0.860. The van der Waals surface area contributed by atoms with Crippen LogP contribution in [0.25, 0.3) is 0 Å². The highest BCUT2D eigenvalue weighted by atomic mass is 32.1. The van der Waals surface area contributed by atoms with Gasteiger partial charge in [0.2, 0.25) is 0 Å². The number of thiazole rings is 1. The van der Waals surface area contributed by atoms with Crippen molar-refractivity contribution < 1.29 is 0 Å². The monoisotopic (exact) mass is 252 g/mol. The van der Waals surface area contributed by atoms with Gasteiger partial charge < -0.3 is 10.6 Å². The maximum Gasteiger partial charge on any atom is 0.187 e. The molecule has 4 nitrogen and oxygen atoms in total. The normalized spacial score (nSPS) is 23.4. The molecule has 0 atom stereocenters. The molecule has 1 aromatic heterocycles. The number of hydrogen-bond acceptors (Lipinski definition) is 5. The standard InChI is InChI=1S/C12H20N4S/c13-11-9-14-12(17-11)16-7-5-15(6-8-16)10-3-1-2-4-10/h9-10H,1-8,13H2. The number of hydrogen-bond donors (Lipinski definition) is 1. The lowest BCUT2D eigenvalue weighted by Crippen LogP contribution is -2.49. The molecule has 0 aromatic carbocycles. The molecule has 94 valence electrons. The lowest BCUT2D eigenvalue weighted by molar-refractivity contribution is 0.187. The van der Waals surface area contributed by atoms with Gasteiger partial charge in [0.15, 0.2) is 5.13 Å². The topological polar surface area (TPSA) is 45.4 Å². The van der Waals surface area contributed by atoms with Crippen LogP contribution < -0.4 is 10.6 Å². The van der Waals surface area contributed by atoms with Crippen molar-refractivity contribution in [3.05, 3.63) is 6.20 Å². The summed E-state index contributed by atoms with van der Waals surface area (Å²) in [6.07, 6.45) is 7.43. The second-order valence-electron chi connectivity index (χ2n) is 5.01. The van der Waals surface area contributed by atoms with Crippen LogP contribution in [0.2, 0.25) is 0 Å². The maximum absolute atomic E-state index is 5.73. The Morgan fingerprint density at radius 2 is 1.88 bits per heavy atom. The highest BCUT2D eigenvalue weighted by Gasteiger charge is 2.26. The Hall–Kier alpha value is -0.810. The number of anilines is 2. The maximum atomic E-state index is 5.73. The summed E-state index contributed by atoms with van der Waals surface area (Å²) in [5.41, 5.74) is 5.73. The number of nitrogens with zero attached hydrogens (tertiary/aromatic N) is 3. The van der Waals surface area contributed by atoms with E-state index in [1.54, 1.807) is 17.5 Å². The Balaban J connectivity index is 1.56. The van der Waals surface area contributed by atoms with Crippen molar-refractivity contribution in [2.45, 2.75) is 31.7 Å². The largest absolute Gasteiger partial charge is 0.389 e. The summed E-state index contributed by atoms with van der Waals surface area (Å²) in [5, 5.41) is 1.91. The third-order valence-electron chi connectivity index (χ3n) is 3.94. The summed E-state index contributed by atoms with van der Waals surface area (Å²) in [4.78, 5) is 9.40. The molecule has 2 N–H and O–H groups in total. The SMILES string of the molecule is Nc1cnc(N2CCN(C3CCCC3)CC2)s1. The van der Waals surface area contributed by atoms with Crippen LogP contribution >= 0.6 is 11.3 Å². The van der Waals surface area contributed by atoms with Gasteiger partial charge in [-0.15, -0.1) is 0 Å². The van der Waals surface area contributed by atoms with Crippen molar-refractivity contribution >= 4 is 21.5 Å². The van der Waals surface area contributed by atoms with E-state index in [4.69, 9.17) is 5.73 Å². The summed E-state index contributed by atoms with van der Waals surface area (Å²) in [7, 11) is 0. The van der Waals surface area contributed by atoms with E-state index < -0.39 is 0 Å². The fourth-order valence-corrected chi connectivity index (χ4v) is 3.70. The predicted octanol–water partition coefficient (Wildman–Crippen LogP) is 1.79.